The fourth-order valence-electron chi connectivity index (χ4n) is 2.32. The monoisotopic (exact) mass is 293 g/mol. The van der Waals surface area contributed by atoms with Crippen LogP contribution < -0.4 is 5.32 Å². The van der Waals surface area contributed by atoms with E-state index in [-0.39, 0.29) is 12.5 Å². The van der Waals surface area contributed by atoms with Crippen LogP contribution in [0.3, 0.4) is 0 Å². The lowest BCUT2D eigenvalue weighted by molar-refractivity contribution is -0.136. The quantitative estimate of drug-likeness (QED) is 0.890. The van der Waals surface area contributed by atoms with Gasteiger partial charge in [-0.05, 0) is 18.9 Å². The highest BCUT2D eigenvalue weighted by atomic mass is 32.1. The van der Waals surface area contributed by atoms with Gasteiger partial charge in [0.25, 0.3) is 0 Å². The lowest BCUT2D eigenvalue weighted by Gasteiger charge is -2.32. The topological polar surface area (TPSA) is 65.4 Å². The number of carbonyl (C=O) groups excluding carboxylic acids is 1. The van der Waals surface area contributed by atoms with E-state index in [2.05, 4.69) is 11.4 Å². The van der Waals surface area contributed by atoms with E-state index in [0.717, 1.165) is 38.0 Å². The molecule has 2 rings (SSSR count). The first kappa shape index (κ1) is 15.0. The molecule has 0 aromatic carbocycles. The van der Waals surface area contributed by atoms with Crippen LogP contribution in [0.25, 0.3) is 0 Å². The van der Waals surface area contributed by atoms with Crippen LogP contribution in [0.2, 0.25) is 0 Å². The summed E-state index contributed by atoms with van der Waals surface area (Å²) in [6.07, 6.45) is 1.93. The first-order valence-corrected chi connectivity index (χ1v) is 7.58. The highest BCUT2D eigenvalue weighted by molar-refractivity contribution is 7.10. The number of nitrogens with zero attached hydrogens (tertiary/aromatic N) is 2. The smallest absolute Gasteiger partial charge is 0.248 e. The van der Waals surface area contributed by atoms with Crippen molar-refractivity contribution in [2.45, 2.75) is 25.4 Å². The van der Waals surface area contributed by atoms with E-state index < -0.39 is 0 Å². The van der Waals surface area contributed by atoms with Gasteiger partial charge >= 0.3 is 0 Å². The Bertz CT molecular complexity index is 487. The molecule has 2 heterocycles. The maximum absolute atomic E-state index is 11.7. The molecule has 0 radical (unpaired) electrons. The summed E-state index contributed by atoms with van der Waals surface area (Å²) in [7, 11) is 1.54. The summed E-state index contributed by atoms with van der Waals surface area (Å²) in [6.45, 7) is 2.54. The van der Waals surface area contributed by atoms with E-state index in [4.69, 9.17) is 10.00 Å². The number of rotatable bonds is 5. The summed E-state index contributed by atoms with van der Waals surface area (Å²) in [6, 6.07) is 4.51. The maximum Gasteiger partial charge on any atom is 0.248 e. The highest BCUT2D eigenvalue weighted by Gasteiger charge is 2.22. The SMILES string of the molecule is COCC(=O)N1CCC(NCc2cc(C#N)cs2)CC1. The van der Waals surface area contributed by atoms with Crippen molar-refractivity contribution in [3.63, 3.8) is 0 Å². The van der Waals surface area contributed by atoms with E-state index in [1.807, 2.05) is 16.3 Å². The van der Waals surface area contributed by atoms with Crippen LogP contribution in [0.4, 0.5) is 0 Å². The second kappa shape index (κ2) is 7.39. The molecule has 1 N–H and O–H groups in total. The van der Waals surface area contributed by atoms with Crippen molar-refractivity contribution in [2.24, 2.45) is 0 Å². The second-order valence-corrected chi connectivity index (χ2v) is 5.88. The van der Waals surface area contributed by atoms with E-state index in [9.17, 15) is 4.79 Å². The summed E-state index contributed by atoms with van der Waals surface area (Å²) in [5.41, 5.74) is 0.729. The van der Waals surface area contributed by atoms with Crippen molar-refractivity contribution in [1.82, 2.24) is 10.2 Å². The number of nitrogens with one attached hydrogen (secondary N) is 1. The van der Waals surface area contributed by atoms with Crippen LogP contribution in [-0.2, 0) is 16.1 Å². The summed E-state index contributed by atoms with van der Waals surface area (Å²) < 4.78 is 4.87. The maximum atomic E-state index is 11.7. The number of amides is 1. The number of piperidine rings is 1. The minimum absolute atomic E-state index is 0.0721. The second-order valence-electron chi connectivity index (χ2n) is 4.88. The van der Waals surface area contributed by atoms with Crippen LogP contribution >= 0.6 is 11.3 Å². The van der Waals surface area contributed by atoms with Crippen LogP contribution in [0.15, 0.2) is 11.4 Å². The zero-order valence-corrected chi connectivity index (χ0v) is 12.4. The predicted octanol–water partition coefficient (Wildman–Crippen LogP) is 1.35. The molecule has 0 saturated carbocycles. The van der Waals surface area contributed by atoms with Crippen molar-refractivity contribution in [3.05, 3.63) is 21.9 Å². The number of carbonyl (C=O) groups is 1. The van der Waals surface area contributed by atoms with Crippen molar-refractivity contribution in [3.8, 4) is 6.07 Å². The molecule has 20 heavy (non-hydrogen) atoms. The normalized spacial score (nSPS) is 16.1. The number of hydrogen-bond donors (Lipinski definition) is 1. The highest BCUT2D eigenvalue weighted by Crippen LogP contribution is 2.16. The first-order chi connectivity index (χ1) is 9.72. The Kier molecular flexibility index (Phi) is 5.53. The molecule has 108 valence electrons. The third-order valence-corrected chi connectivity index (χ3v) is 4.40. The molecule has 1 amide bonds. The largest absolute Gasteiger partial charge is 0.375 e. The van der Waals surface area contributed by atoms with Crippen LogP contribution in [0.1, 0.15) is 23.3 Å². The number of nitriles is 1. The molecule has 0 aliphatic carbocycles. The molecule has 1 aromatic heterocycles. The molecule has 5 nitrogen and oxygen atoms in total. The zero-order chi connectivity index (χ0) is 14.4. The Morgan fingerprint density at radius 1 is 1.60 bits per heavy atom. The number of hydrogen-bond acceptors (Lipinski definition) is 5. The minimum Gasteiger partial charge on any atom is -0.375 e. The molecule has 1 aromatic rings. The third kappa shape index (κ3) is 4.04. The lowest BCUT2D eigenvalue weighted by atomic mass is 10.0. The fourth-order valence-corrected chi connectivity index (χ4v) is 3.09. The molecular weight excluding hydrogens is 274 g/mol. The Hall–Kier alpha value is -1.42. The van der Waals surface area contributed by atoms with Gasteiger partial charge in [0.2, 0.25) is 5.91 Å². The number of thiophene rings is 1. The molecule has 1 aliphatic heterocycles. The molecule has 0 atom stereocenters. The van der Waals surface area contributed by atoms with Gasteiger partial charge in [-0.2, -0.15) is 5.26 Å². The van der Waals surface area contributed by atoms with Gasteiger partial charge in [-0.3, -0.25) is 4.79 Å². The van der Waals surface area contributed by atoms with Gasteiger partial charge in [0.1, 0.15) is 12.7 Å². The molecule has 0 unspecified atom stereocenters. The molecule has 0 spiro atoms. The average Bonchev–Trinajstić information content (AvgIpc) is 2.94. The van der Waals surface area contributed by atoms with Crippen LogP contribution in [0, 0.1) is 11.3 Å². The molecule has 0 bridgehead atoms. The van der Waals surface area contributed by atoms with Crippen molar-refractivity contribution in [1.29, 1.82) is 5.26 Å². The summed E-state index contributed by atoms with van der Waals surface area (Å²) in [5, 5.41) is 14.2. The van der Waals surface area contributed by atoms with E-state index >= 15 is 0 Å². The van der Waals surface area contributed by atoms with Gasteiger partial charge in [-0.1, -0.05) is 0 Å². The summed E-state index contributed by atoms with van der Waals surface area (Å²) in [4.78, 5) is 14.7. The standard InChI is InChI=1S/C14H19N3O2S/c1-19-9-14(18)17-4-2-12(3-5-17)16-8-13-6-11(7-15)10-20-13/h6,10,12,16H,2-5,8-9H2,1H3. The van der Waals surface area contributed by atoms with Crippen molar-refractivity contribution in [2.75, 3.05) is 26.8 Å². The minimum atomic E-state index is 0.0721. The number of ether oxygens (including phenoxy) is 1. The number of likely N-dealkylation sites (tertiary alicyclic amines) is 1. The van der Waals surface area contributed by atoms with E-state index in [1.165, 1.54) is 4.88 Å². The van der Waals surface area contributed by atoms with Crippen molar-refractivity contribution < 1.29 is 9.53 Å². The van der Waals surface area contributed by atoms with Gasteiger partial charge in [-0.25, -0.2) is 0 Å². The van der Waals surface area contributed by atoms with E-state index in [1.54, 1.807) is 18.4 Å². The summed E-state index contributed by atoms with van der Waals surface area (Å²) in [5.74, 6) is 0.0721. The zero-order valence-electron chi connectivity index (χ0n) is 11.6. The molecule has 1 fully saturated rings. The van der Waals surface area contributed by atoms with Gasteiger partial charge in [0.05, 0.1) is 5.56 Å². The predicted molar refractivity (Wildman–Crippen MR) is 77.4 cm³/mol. The van der Waals surface area contributed by atoms with Crippen LogP contribution in [-0.4, -0.2) is 43.7 Å². The van der Waals surface area contributed by atoms with Gasteiger partial charge in [0, 0.05) is 43.0 Å². The summed E-state index contributed by atoms with van der Waals surface area (Å²) >= 11 is 1.61. The van der Waals surface area contributed by atoms with Crippen LogP contribution in [0.5, 0.6) is 0 Å². The molecule has 1 aliphatic rings. The molecule has 1 saturated heterocycles. The Balaban J connectivity index is 1.72. The fraction of sp³-hybridized carbons (Fsp3) is 0.571. The van der Waals surface area contributed by atoms with Gasteiger partial charge in [0.15, 0.2) is 0 Å². The molecular formula is C14H19N3O2S. The van der Waals surface area contributed by atoms with Gasteiger partial charge in [-0.15, -0.1) is 11.3 Å². The van der Waals surface area contributed by atoms with Gasteiger partial charge < -0.3 is 15.0 Å². The Morgan fingerprint density at radius 2 is 2.35 bits per heavy atom. The molecule has 6 heteroatoms. The third-order valence-electron chi connectivity index (χ3n) is 3.46. The first-order valence-electron chi connectivity index (χ1n) is 6.70. The average molecular weight is 293 g/mol. The lowest BCUT2D eigenvalue weighted by Crippen LogP contribution is -2.45. The van der Waals surface area contributed by atoms with E-state index in [0.29, 0.717) is 6.04 Å². The Morgan fingerprint density at radius 3 is 2.95 bits per heavy atom. The van der Waals surface area contributed by atoms with Crippen molar-refractivity contribution >= 4 is 17.2 Å². The Labute approximate surface area is 123 Å². The number of methoxy groups -OCH3 is 1.